The standard InChI is InChI=1S/C16H20N6O/c1-3-22-6-5-18-15(22)14-12(4-7-23-14)10-19-16-20-11(2)8-13(9-17)21-16/h5-6,8,12,14H,3-4,7,10H2,1-2H3,(H,19,20,21)/t12-,14+/m0/s1. The number of nitrogens with zero attached hydrogens (tertiary/aromatic N) is 5. The number of ether oxygens (including phenoxy) is 1. The van der Waals surface area contributed by atoms with Gasteiger partial charge < -0.3 is 14.6 Å². The van der Waals surface area contributed by atoms with E-state index < -0.39 is 0 Å². The van der Waals surface area contributed by atoms with Crippen LogP contribution in [0.3, 0.4) is 0 Å². The first kappa shape index (κ1) is 15.4. The van der Waals surface area contributed by atoms with Crippen LogP contribution in [0.25, 0.3) is 0 Å². The Morgan fingerprint density at radius 1 is 1.48 bits per heavy atom. The summed E-state index contributed by atoms with van der Waals surface area (Å²) in [6, 6.07) is 3.72. The molecule has 2 aromatic heterocycles. The number of aromatic nitrogens is 4. The van der Waals surface area contributed by atoms with Crippen molar-refractivity contribution in [1.29, 1.82) is 5.26 Å². The van der Waals surface area contributed by atoms with Gasteiger partial charge in [0.2, 0.25) is 5.95 Å². The van der Waals surface area contributed by atoms with Gasteiger partial charge in [-0.3, -0.25) is 0 Å². The molecule has 0 amide bonds. The van der Waals surface area contributed by atoms with Crippen LogP contribution in [-0.2, 0) is 11.3 Å². The summed E-state index contributed by atoms with van der Waals surface area (Å²) in [5.41, 5.74) is 1.15. The number of anilines is 1. The average Bonchev–Trinajstić information content (AvgIpc) is 3.20. The molecule has 7 nitrogen and oxygen atoms in total. The van der Waals surface area contributed by atoms with E-state index in [4.69, 9.17) is 10.00 Å². The predicted molar refractivity (Wildman–Crippen MR) is 84.7 cm³/mol. The van der Waals surface area contributed by atoms with Crippen LogP contribution in [0.15, 0.2) is 18.5 Å². The van der Waals surface area contributed by atoms with Crippen molar-refractivity contribution in [2.75, 3.05) is 18.5 Å². The molecule has 3 heterocycles. The lowest BCUT2D eigenvalue weighted by atomic mass is 10.0. The molecule has 1 N–H and O–H groups in total. The zero-order valence-corrected chi connectivity index (χ0v) is 13.4. The fraction of sp³-hybridized carbons (Fsp3) is 0.500. The van der Waals surface area contributed by atoms with Gasteiger partial charge in [0.05, 0.1) is 0 Å². The van der Waals surface area contributed by atoms with E-state index in [1.807, 2.05) is 19.3 Å². The van der Waals surface area contributed by atoms with Crippen LogP contribution in [0.4, 0.5) is 5.95 Å². The van der Waals surface area contributed by atoms with Crippen LogP contribution in [0.2, 0.25) is 0 Å². The maximum absolute atomic E-state index is 8.99. The Morgan fingerprint density at radius 3 is 3.13 bits per heavy atom. The fourth-order valence-electron chi connectivity index (χ4n) is 2.90. The minimum Gasteiger partial charge on any atom is -0.370 e. The number of nitrogens with one attached hydrogen (secondary N) is 1. The topological polar surface area (TPSA) is 88.6 Å². The van der Waals surface area contributed by atoms with E-state index in [-0.39, 0.29) is 6.10 Å². The molecule has 0 unspecified atom stereocenters. The van der Waals surface area contributed by atoms with Crippen LogP contribution in [-0.4, -0.2) is 32.7 Å². The minimum atomic E-state index is -0.0160. The molecule has 2 aromatic rings. The summed E-state index contributed by atoms with van der Waals surface area (Å²) in [5, 5.41) is 12.2. The van der Waals surface area contributed by atoms with Crippen LogP contribution < -0.4 is 5.32 Å². The normalized spacial score (nSPS) is 20.4. The minimum absolute atomic E-state index is 0.0160. The Kier molecular flexibility index (Phi) is 4.53. The predicted octanol–water partition coefficient (Wildman–Crippen LogP) is 2.06. The van der Waals surface area contributed by atoms with Crippen molar-refractivity contribution < 1.29 is 4.74 Å². The van der Waals surface area contributed by atoms with Gasteiger partial charge in [-0.15, -0.1) is 0 Å². The number of hydrogen-bond donors (Lipinski definition) is 1. The van der Waals surface area contributed by atoms with Gasteiger partial charge in [0.1, 0.15) is 23.7 Å². The highest BCUT2D eigenvalue weighted by atomic mass is 16.5. The van der Waals surface area contributed by atoms with E-state index in [0.29, 0.717) is 24.1 Å². The Balaban J connectivity index is 1.70. The monoisotopic (exact) mass is 312 g/mol. The number of hydrogen-bond acceptors (Lipinski definition) is 6. The summed E-state index contributed by atoms with van der Waals surface area (Å²) >= 11 is 0. The van der Waals surface area contributed by atoms with Crippen LogP contribution >= 0.6 is 0 Å². The molecular formula is C16H20N6O. The second-order valence-electron chi connectivity index (χ2n) is 5.62. The highest BCUT2D eigenvalue weighted by molar-refractivity contribution is 5.33. The molecular weight excluding hydrogens is 292 g/mol. The first-order valence-electron chi connectivity index (χ1n) is 7.83. The molecule has 1 fully saturated rings. The lowest BCUT2D eigenvalue weighted by Crippen LogP contribution is -2.21. The van der Waals surface area contributed by atoms with Gasteiger partial charge >= 0.3 is 0 Å². The highest BCUT2D eigenvalue weighted by Gasteiger charge is 2.32. The maximum atomic E-state index is 8.99. The molecule has 0 spiro atoms. The van der Waals surface area contributed by atoms with Gasteiger partial charge in [0.15, 0.2) is 0 Å². The van der Waals surface area contributed by atoms with Gasteiger partial charge in [-0.1, -0.05) is 0 Å². The quantitative estimate of drug-likeness (QED) is 0.909. The van der Waals surface area contributed by atoms with Gasteiger partial charge in [-0.05, 0) is 26.3 Å². The molecule has 1 saturated heterocycles. The number of nitriles is 1. The summed E-state index contributed by atoms with van der Waals surface area (Å²) in [6.07, 6.45) is 4.74. The second kappa shape index (κ2) is 6.75. The molecule has 0 aliphatic carbocycles. The molecule has 0 saturated carbocycles. The Bertz CT molecular complexity index is 720. The van der Waals surface area contributed by atoms with Gasteiger partial charge in [-0.25, -0.2) is 15.0 Å². The third-order valence-corrected chi connectivity index (χ3v) is 4.05. The van der Waals surface area contributed by atoms with Crippen molar-refractivity contribution in [3.05, 3.63) is 35.7 Å². The molecule has 0 aromatic carbocycles. The summed E-state index contributed by atoms with van der Waals surface area (Å²) < 4.78 is 8.00. The van der Waals surface area contributed by atoms with Gasteiger partial charge in [0, 0.05) is 43.7 Å². The van der Waals surface area contributed by atoms with Gasteiger partial charge in [-0.2, -0.15) is 5.26 Å². The smallest absolute Gasteiger partial charge is 0.224 e. The number of imidazole rings is 1. The fourth-order valence-corrected chi connectivity index (χ4v) is 2.90. The molecule has 120 valence electrons. The lowest BCUT2D eigenvalue weighted by Gasteiger charge is -2.19. The number of aryl methyl sites for hydroxylation is 2. The maximum Gasteiger partial charge on any atom is 0.224 e. The Labute approximate surface area is 135 Å². The molecule has 1 aliphatic rings. The summed E-state index contributed by atoms with van der Waals surface area (Å²) in [4.78, 5) is 13.0. The highest BCUT2D eigenvalue weighted by Crippen LogP contribution is 2.33. The number of rotatable bonds is 5. The van der Waals surface area contributed by atoms with Gasteiger partial charge in [0.25, 0.3) is 0 Å². The molecule has 2 atom stereocenters. The van der Waals surface area contributed by atoms with Crippen LogP contribution in [0, 0.1) is 24.2 Å². The van der Waals surface area contributed by atoms with E-state index in [9.17, 15) is 0 Å². The van der Waals surface area contributed by atoms with E-state index in [0.717, 1.165) is 31.1 Å². The van der Waals surface area contributed by atoms with Crippen molar-refractivity contribution in [3.63, 3.8) is 0 Å². The Hall–Kier alpha value is -2.46. The zero-order chi connectivity index (χ0) is 16.2. The first-order chi connectivity index (χ1) is 11.2. The molecule has 3 rings (SSSR count). The molecule has 23 heavy (non-hydrogen) atoms. The largest absolute Gasteiger partial charge is 0.370 e. The summed E-state index contributed by atoms with van der Waals surface area (Å²) in [7, 11) is 0. The van der Waals surface area contributed by atoms with Crippen LogP contribution in [0.1, 0.15) is 36.7 Å². The second-order valence-corrected chi connectivity index (χ2v) is 5.62. The summed E-state index contributed by atoms with van der Waals surface area (Å²) in [6.45, 7) is 6.24. The van der Waals surface area contributed by atoms with Crippen molar-refractivity contribution in [3.8, 4) is 6.07 Å². The van der Waals surface area contributed by atoms with E-state index in [1.165, 1.54) is 0 Å². The molecule has 0 bridgehead atoms. The third kappa shape index (κ3) is 3.32. The Morgan fingerprint density at radius 2 is 2.35 bits per heavy atom. The molecule has 0 radical (unpaired) electrons. The zero-order valence-electron chi connectivity index (χ0n) is 13.4. The first-order valence-corrected chi connectivity index (χ1v) is 7.83. The van der Waals surface area contributed by atoms with E-state index in [2.05, 4.69) is 37.8 Å². The summed E-state index contributed by atoms with van der Waals surface area (Å²) in [5.74, 6) is 1.77. The van der Waals surface area contributed by atoms with Crippen molar-refractivity contribution in [1.82, 2.24) is 19.5 Å². The lowest BCUT2D eigenvalue weighted by molar-refractivity contribution is 0.0832. The third-order valence-electron chi connectivity index (χ3n) is 4.05. The molecule has 1 aliphatic heterocycles. The SMILES string of the molecule is CCn1ccnc1[C@@H]1OCC[C@H]1CNc1nc(C)cc(C#N)n1. The van der Waals surface area contributed by atoms with E-state index in [1.54, 1.807) is 6.07 Å². The van der Waals surface area contributed by atoms with Crippen molar-refractivity contribution >= 4 is 5.95 Å². The van der Waals surface area contributed by atoms with Crippen LogP contribution in [0.5, 0.6) is 0 Å². The van der Waals surface area contributed by atoms with Crippen molar-refractivity contribution in [2.24, 2.45) is 5.92 Å². The van der Waals surface area contributed by atoms with E-state index >= 15 is 0 Å². The molecule has 7 heteroatoms. The van der Waals surface area contributed by atoms with Crippen molar-refractivity contribution in [2.45, 2.75) is 32.9 Å². The average molecular weight is 312 g/mol.